The minimum atomic E-state index is -1.13. The van der Waals surface area contributed by atoms with Gasteiger partial charge in [-0.1, -0.05) is 30.3 Å². The van der Waals surface area contributed by atoms with Crippen LogP contribution >= 0.6 is 0 Å². The zero-order valence-corrected chi connectivity index (χ0v) is 9.19. The SMILES string of the molecule is O=C(O)c1nnc2ccnn2c1-c1ccccc1. The van der Waals surface area contributed by atoms with E-state index in [-0.39, 0.29) is 5.69 Å². The van der Waals surface area contributed by atoms with Crippen molar-refractivity contribution < 1.29 is 9.90 Å². The summed E-state index contributed by atoms with van der Waals surface area (Å²) in [6.45, 7) is 0. The van der Waals surface area contributed by atoms with E-state index in [0.29, 0.717) is 11.3 Å². The molecule has 0 aliphatic heterocycles. The van der Waals surface area contributed by atoms with E-state index in [9.17, 15) is 9.90 Å². The third-order valence-electron chi connectivity index (χ3n) is 2.56. The summed E-state index contributed by atoms with van der Waals surface area (Å²) < 4.78 is 1.48. The molecule has 0 bridgehead atoms. The number of aromatic nitrogens is 4. The largest absolute Gasteiger partial charge is 0.476 e. The first-order chi connectivity index (χ1) is 8.77. The van der Waals surface area contributed by atoms with E-state index in [1.165, 1.54) is 4.52 Å². The second kappa shape index (κ2) is 3.92. The number of carbonyl (C=O) groups is 1. The van der Waals surface area contributed by atoms with Crippen LogP contribution in [0.4, 0.5) is 0 Å². The second-order valence-corrected chi connectivity index (χ2v) is 3.67. The third kappa shape index (κ3) is 1.51. The smallest absolute Gasteiger partial charge is 0.358 e. The van der Waals surface area contributed by atoms with Crippen molar-refractivity contribution in [1.82, 2.24) is 19.8 Å². The minimum absolute atomic E-state index is 0.114. The number of rotatable bonds is 2. The molecule has 0 aliphatic carbocycles. The molecular weight excluding hydrogens is 232 g/mol. The number of fused-ring (bicyclic) bond motifs is 1. The fourth-order valence-corrected chi connectivity index (χ4v) is 1.79. The summed E-state index contributed by atoms with van der Waals surface area (Å²) in [5.41, 5.74) is 1.56. The van der Waals surface area contributed by atoms with E-state index in [1.807, 2.05) is 30.3 Å². The Labute approximate surface area is 102 Å². The molecule has 0 saturated carbocycles. The van der Waals surface area contributed by atoms with Crippen LogP contribution < -0.4 is 0 Å². The topological polar surface area (TPSA) is 80.4 Å². The molecule has 6 nitrogen and oxygen atoms in total. The van der Waals surface area contributed by atoms with Gasteiger partial charge in [-0.15, -0.1) is 10.2 Å². The van der Waals surface area contributed by atoms with Gasteiger partial charge >= 0.3 is 5.97 Å². The van der Waals surface area contributed by atoms with E-state index in [1.54, 1.807) is 12.3 Å². The highest BCUT2D eigenvalue weighted by molar-refractivity contribution is 5.92. The van der Waals surface area contributed by atoms with Crippen molar-refractivity contribution in [1.29, 1.82) is 0 Å². The van der Waals surface area contributed by atoms with Crippen LogP contribution in [0.2, 0.25) is 0 Å². The van der Waals surface area contributed by atoms with Crippen molar-refractivity contribution in [2.24, 2.45) is 0 Å². The lowest BCUT2D eigenvalue weighted by Gasteiger charge is -2.06. The molecule has 0 fully saturated rings. The zero-order chi connectivity index (χ0) is 12.5. The zero-order valence-electron chi connectivity index (χ0n) is 9.19. The van der Waals surface area contributed by atoms with Gasteiger partial charge in [0.2, 0.25) is 0 Å². The number of hydrogen-bond acceptors (Lipinski definition) is 4. The molecule has 0 atom stereocenters. The van der Waals surface area contributed by atoms with Crippen LogP contribution in [0.1, 0.15) is 10.5 Å². The van der Waals surface area contributed by atoms with Gasteiger partial charge in [0.15, 0.2) is 11.3 Å². The molecule has 0 spiro atoms. The molecule has 0 aliphatic rings. The standard InChI is InChI=1S/C12H8N4O2/c17-12(18)10-11(8-4-2-1-3-5-8)16-9(14-15-10)6-7-13-16/h1-7H,(H,17,18). The molecule has 88 valence electrons. The van der Waals surface area contributed by atoms with Gasteiger partial charge < -0.3 is 5.11 Å². The van der Waals surface area contributed by atoms with Gasteiger partial charge in [0.1, 0.15) is 5.69 Å². The second-order valence-electron chi connectivity index (χ2n) is 3.67. The van der Waals surface area contributed by atoms with Gasteiger partial charge in [0, 0.05) is 11.6 Å². The summed E-state index contributed by atoms with van der Waals surface area (Å²) in [6.07, 6.45) is 1.56. The molecule has 0 amide bonds. The third-order valence-corrected chi connectivity index (χ3v) is 2.56. The lowest BCUT2D eigenvalue weighted by Crippen LogP contribution is -2.10. The van der Waals surface area contributed by atoms with E-state index >= 15 is 0 Å². The highest BCUT2D eigenvalue weighted by Crippen LogP contribution is 2.22. The average Bonchev–Trinajstić information content (AvgIpc) is 2.86. The van der Waals surface area contributed by atoms with Gasteiger partial charge in [-0.2, -0.15) is 5.10 Å². The molecular formula is C12H8N4O2. The highest BCUT2D eigenvalue weighted by atomic mass is 16.4. The van der Waals surface area contributed by atoms with Gasteiger partial charge in [-0.05, 0) is 0 Å². The van der Waals surface area contributed by atoms with Crippen molar-refractivity contribution in [3.8, 4) is 11.3 Å². The van der Waals surface area contributed by atoms with Crippen molar-refractivity contribution >= 4 is 11.6 Å². The normalized spacial score (nSPS) is 10.7. The number of hydrogen-bond donors (Lipinski definition) is 1. The van der Waals surface area contributed by atoms with Crippen LogP contribution in [0.25, 0.3) is 16.9 Å². The number of carboxylic acid groups (broad SMARTS) is 1. The lowest BCUT2D eigenvalue weighted by molar-refractivity contribution is 0.0689. The molecule has 0 radical (unpaired) electrons. The summed E-state index contributed by atoms with van der Waals surface area (Å²) in [5, 5.41) is 20.8. The predicted octanol–water partition coefficient (Wildman–Crippen LogP) is 1.49. The van der Waals surface area contributed by atoms with Crippen LogP contribution in [0.5, 0.6) is 0 Å². The maximum atomic E-state index is 11.2. The molecule has 1 N–H and O–H groups in total. The molecule has 2 aromatic heterocycles. The Morgan fingerprint density at radius 2 is 1.89 bits per heavy atom. The molecule has 1 aromatic carbocycles. The number of aromatic carboxylic acids is 1. The highest BCUT2D eigenvalue weighted by Gasteiger charge is 2.18. The van der Waals surface area contributed by atoms with Gasteiger partial charge in [-0.3, -0.25) is 0 Å². The van der Waals surface area contributed by atoms with Gasteiger partial charge in [0.05, 0.1) is 6.20 Å². The average molecular weight is 240 g/mol. The number of carboxylic acids is 1. The molecule has 6 heteroatoms. The van der Waals surface area contributed by atoms with Gasteiger partial charge in [-0.25, -0.2) is 9.31 Å². The van der Waals surface area contributed by atoms with Gasteiger partial charge in [0.25, 0.3) is 0 Å². The summed E-state index contributed by atoms with van der Waals surface area (Å²) in [5.74, 6) is -1.13. The van der Waals surface area contributed by atoms with Crippen molar-refractivity contribution in [2.75, 3.05) is 0 Å². The van der Waals surface area contributed by atoms with Crippen molar-refractivity contribution in [2.45, 2.75) is 0 Å². The molecule has 2 heterocycles. The van der Waals surface area contributed by atoms with Crippen LogP contribution in [0, 0.1) is 0 Å². The first-order valence-electron chi connectivity index (χ1n) is 5.26. The Hall–Kier alpha value is -2.76. The first kappa shape index (κ1) is 10.4. The van der Waals surface area contributed by atoms with Crippen LogP contribution in [-0.4, -0.2) is 30.9 Å². The summed E-state index contributed by atoms with van der Waals surface area (Å²) in [7, 11) is 0. The maximum Gasteiger partial charge on any atom is 0.358 e. The number of benzene rings is 1. The fraction of sp³-hybridized carbons (Fsp3) is 0. The Morgan fingerprint density at radius 3 is 2.61 bits per heavy atom. The van der Waals surface area contributed by atoms with Crippen molar-refractivity contribution in [3.05, 3.63) is 48.3 Å². The predicted molar refractivity (Wildman–Crippen MR) is 63.2 cm³/mol. The molecule has 3 rings (SSSR count). The van der Waals surface area contributed by atoms with E-state index in [4.69, 9.17) is 0 Å². The quantitative estimate of drug-likeness (QED) is 0.734. The molecule has 0 unspecified atom stereocenters. The maximum absolute atomic E-state index is 11.2. The monoisotopic (exact) mass is 240 g/mol. The van der Waals surface area contributed by atoms with Crippen LogP contribution in [0.15, 0.2) is 42.6 Å². The Morgan fingerprint density at radius 1 is 1.11 bits per heavy atom. The summed E-state index contributed by atoms with van der Waals surface area (Å²) in [4.78, 5) is 11.2. The van der Waals surface area contributed by atoms with Crippen LogP contribution in [0.3, 0.4) is 0 Å². The Balaban J connectivity index is 2.40. The molecule has 3 aromatic rings. The lowest BCUT2D eigenvalue weighted by atomic mass is 10.1. The summed E-state index contributed by atoms with van der Waals surface area (Å²) >= 11 is 0. The van der Waals surface area contributed by atoms with E-state index in [0.717, 1.165) is 5.56 Å². The minimum Gasteiger partial charge on any atom is -0.476 e. The van der Waals surface area contributed by atoms with Crippen LogP contribution in [-0.2, 0) is 0 Å². The Kier molecular flexibility index (Phi) is 2.26. The Bertz CT molecular complexity index is 721. The van der Waals surface area contributed by atoms with E-state index in [2.05, 4.69) is 15.3 Å². The number of nitrogens with zero attached hydrogens (tertiary/aromatic N) is 4. The fourth-order valence-electron chi connectivity index (χ4n) is 1.79. The van der Waals surface area contributed by atoms with E-state index < -0.39 is 5.97 Å². The molecule has 18 heavy (non-hydrogen) atoms. The van der Waals surface area contributed by atoms with Crippen molar-refractivity contribution in [3.63, 3.8) is 0 Å². The summed E-state index contributed by atoms with van der Waals surface area (Å²) in [6, 6.07) is 10.8. The first-order valence-corrected chi connectivity index (χ1v) is 5.26. The molecule has 0 saturated heterocycles.